The van der Waals surface area contributed by atoms with E-state index in [1.165, 1.54) is 5.56 Å². The predicted molar refractivity (Wildman–Crippen MR) is 118 cm³/mol. The van der Waals surface area contributed by atoms with Crippen LogP contribution in [0.25, 0.3) is 0 Å². The van der Waals surface area contributed by atoms with Gasteiger partial charge in [0.2, 0.25) is 0 Å². The van der Waals surface area contributed by atoms with Gasteiger partial charge < -0.3 is 20.5 Å². The Morgan fingerprint density at radius 1 is 1.10 bits per heavy atom. The number of anilines is 1. The minimum Gasteiger partial charge on any atom is -0.492 e. The molecule has 0 aliphatic carbocycles. The van der Waals surface area contributed by atoms with Crippen molar-refractivity contribution in [3.63, 3.8) is 0 Å². The minimum absolute atomic E-state index is 0. The lowest BCUT2D eigenvalue weighted by molar-refractivity contribution is -0.0704. The number of nitrogens with two attached hydrogens (primary N) is 1. The number of nitrogens with zero attached hydrogens (tertiary/aromatic N) is 1. The Hall–Kier alpha value is -2.12. The first kappa shape index (κ1) is 23.2. The third-order valence-corrected chi connectivity index (χ3v) is 4.62. The molecule has 2 atom stereocenters. The highest BCUT2D eigenvalue weighted by Crippen LogP contribution is 2.18. The van der Waals surface area contributed by atoms with Crippen molar-refractivity contribution in [1.29, 1.82) is 0 Å². The predicted octanol–water partition coefficient (Wildman–Crippen LogP) is 3.31. The molecule has 2 aromatic carbocycles. The number of morpholine rings is 1. The van der Waals surface area contributed by atoms with Crippen molar-refractivity contribution in [1.82, 2.24) is 4.90 Å². The smallest absolute Gasteiger partial charge is 0.255 e. The average molecular weight is 420 g/mol. The van der Waals surface area contributed by atoms with E-state index in [0.717, 1.165) is 31.1 Å². The molecule has 3 N–H and O–H groups in total. The largest absolute Gasteiger partial charge is 0.492 e. The number of nitrogens with one attached hydrogen (secondary N) is 1. The van der Waals surface area contributed by atoms with Gasteiger partial charge >= 0.3 is 0 Å². The third kappa shape index (κ3) is 7.01. The third-order valence-electron chi connectivity index (χ3n) is 4.62. The van der Waals surface area contributed by atoms with Crippen LogP contribution >= 0.6 is 12.4 Å². The summed E-state index contributed by atoms with van der Waals surface area (Å²) in [6.45, 7) is 7.87. The van der Waals surface area contributed by atoms with Crippen molar-refractivity contribution in [3.05, 3.63) is 59.7 Å². The molecule has 1 amide bonds. The van der Waals surface area contributed by atoms with Crippen molar-refractivity contribution >= 4 is 24.0 Å². The van der Waals surface area contributed by atoms with Gasteiger partial charge in [-0.3, -0.25) is 9.69 Å². The molecule has 1 aliphatic heterocycles. The Labute approximate surface area is 178 Å². The molecule has 2 aromatic rings. The molecular formula is C22H30ClN3O3. The second kappa shape index (κ2) is 11.2. The summed E-state index contributed by atoms with van der Waals surface area (Å²) in [5.74, 6) is 0.607. The molecule has 158 valence electrons. The molecule has 0 saturated carbocycles. The molecule has 29 heavy (non-hydrogen) atoms. The van der Waals surface area contributed by atoms with Crippen LogP contribution in [0.5, 0.6) is 5.75 Å². The van der Waals surface area contributed by atoms with E-state index in [0.29, 0.717) is 18.7 Å². The highest BCUT2D eigenvalue weighted by Gasteiger charge is 2.22. The summed E-state index contributed by atoms with van der Waals surface area (Å²) in [4.78, 5) is 14.9. The summed E-state index contributed by atoms with van der Waals surface area (Å²) in [6, 6.07) is 15.1. The van der Waals surface area contributed by atoms with E-state index in [-0.39, 0.29) is 30.5 Å². The molecule has 7 heteroatoms. The van der Waals surface area contributed by atoms with E-state index in [1.54, 1.807) is 0 Å². The summed E-state index contributed by atoms with van der Waals surface area (Å²) in [5.41, 5.74) is 7.98. The van der Waals surface area contributed by atoms with E-state index in [2.05, 4.69) is 24.1 Å². The zero-order valence-corrected chi connectivity index (χ0v) is 17.8. The van der Waals surface area contributed by atoms with Gasteiger partial charge in [-0.1, -0.05) is 12.1 Å². The van der Waals surface area contributed by atoms with Gasteiger partial charge in [-0.05, 0) is 55.8 Å². The van der Waals surface area contributed by atoms with Crippen LogP contribution in [0.4, 0.5) is 5.69 Å². The van der Waals surface area contributed by atoms with Crippen LogP contribution in [0, 0.1) is 0 Å². The number of ether oxygens (including phenoxy) is 2. The van der Waals surface area contributed by atoms with Crippen LogP contribution < -0.4 is 15.8 Å². The van der Waals surface area contributed by atoms with Gasteiger partial charge in [-0.25, -0.2) is 0 Å². The number of carbonyl (C=O) groups is 1. The Morgan fingerprint density at radius 2 is 1.72 bits per heavy atom. The molecule has 2 unspecified atom stereocenters. The molecule has 0 radical (unpaired) electrons. The number of halogens is 1. The first-order valence-corrected chi connectivity index (χ1v) is 9.74. The van der Waals surface area contributed by atoms with Gasteiger partial charge in [0.1, 0.15) is 12.4 Å². The van der Waals surface area contributed by atoms with Crippen LogP contribution in [0.2, 0.25) is 0 Å². The van der Waals surface area contributed by atoms with E-state index >= 15 is 0 Å². The molecule has 0 spiro atoms. The molecule has 6 nitrogen and oxygen atoms in total. The number of rotatable bonds is 7. The van der Waals surface area contributed by atoms with Gasteiger partial charge in [0.15, 0.2) is 0 Å². The second-order valence-electron chi connectivity index (χ2n) is 7.26. The van der Waals surface area contributed by atoms with Gasteiger partial charge in [0, 0.05) is 37.4 Å². The maximum atomic E-state index is 12.5. The van der Waals surface area contributed by atoms with Gasteiger partial charge in [0.05, 0.1) is 12.2 Å². The highest BCUT2D eigenvalue weighted by atomic mass is 35.5. The summed E-state index contributed by atoms with van der Waals surface area (Å²) in [5, 5.41) is 2.91. The number of amides is 1. The fourth-order valence-corrected chi connectivity index (χ4v) is 3.45. The number of benzene rings is 2. The maximum Gasteiger partial charge on any atom is 0.255 e. The quantitative estimate of drug-likeness (QED) is 0.720. The van der Waals surface area contributed by atoms with Crippen molar-refractivity contribution in [3.8, 4) is 5.75 Å². The zero-order valence-electron chi connectivity index (χ0n) is 17.0. The molecule has 1 heterocycles. The SMILES string of the molecule is CC1CN(Cc2ccc(C(=O)Nc3ccc(OCCN)cc3)cc2)CC(C)O1.Cl. The number of carbonyl (C=O) groups excluding carboxylic acids is 1. The number of hydrogen-bond acceptors (Lipinski definition) is 5. The Morgan fingerprint density at radius 3 is 2.31 bits per heavy atom. The normalized spacial score (nSPS) is 19.3. The summed E-state index contributed by atoms with van der Waals surface area (Å²) < 4.78 is 11.2. The zero-order chi connectivity index (χ0) is 19.9. The van der Waals surface area contributed by atoms with Crippen molar-refractivity contribution in [2.24, 2.45) is 5.73 Å². The topological polar surface area (TPSA) is 76.8 Å². The maximum absolute atomic E-state index is 12.5. The van der Waals surface area contributed by atoms with Gasteiger partial charge in [0.25, 0.3) is 5.91 Å². The van der Waals surface area contributed by atoms with Crippen molar-refractivity contribution < 1.29 is 14.3 Å². The molecule has 0 aromatic heterocycles. The summed E-state index contributed by atoms with van der Waals surface area (Å²) in [7, 11) is 0. The molecular weight excluding hydrogens is 390 g/mol. The Bertz CT molecular complexity index is 758. The highest BCUT2D eigenvalue weighted by molar-refractivity contribution is 6.04. The van der Waals surface area contributed by atoms with E-state index < -0.39 is 0 Å². The van der Waals surface area contributed by atoms with Gasteiger partial charge in [-0.15, -0.1) is 12.4 Å². The van der Waals surface area contributed by atoms with E-state index in [4.69, 9.17) is 15.2 Å². The van der Waals surface area contributed by atoms with Crippen LogP contribution in [0.3, 0.4) is 0 Å². The van der Waals surface area contributed by atoms with Crippen LogP contribution in [0.15, 0.2) is 48.5 Å². The van der Waals surface area contributed by atoms with Gasteiger partial charge in [-0.2, -0.15) is 0 Å². The molecule has 3 rings (SSSR count). The molecule has 1 fully saturated rings. The standard InChI is InChI=1S/C22H29N3O3.ClH/c1-16-13-25(14-17(2)28-16)15-18-3-5-19(6-4-18)22(26)24-20-7-9-21(10-8-20)27-12-11-23;/h3-10,16-17H,11-15,23H2,1-2H3,(H,24,26);1H. The van der Waals surface area contributed by atoms with Crippen LogP contribution in [-0.2, 0) is 11.3 Å². The Balaban J connectivity index is 0.00000300. The second-order valence-corrected chi connectivity index (χ2v) is 7.26. The Kier molecular flexibility index (Phi) is 8.92. The fourth-order valence-electron chi connectivity index (χ4n) is 3.45. The lowest BCUT2D eigenvalue weighted by atomic mass is 10.1. The minimum atomic E-state index is -0.129. The van der Waals surface area contributed by atoms with Crippen molar-refractivity contribution in [2.45, 2.75) is 32.6 Å². The summed E-state index contributed by atoms with van der Waals surface area (Å²) in [6.07, 6.45) is 0.502. The summed E-state index contributed by atoms with van der Waals surface area (Å²) >= 11 is 0. The molecule has 1 saturated heterocycles. The van der Waals surface area contributed by atoms with Crippen molar-refractivity contribution in [2.75, 3.05) is 31.6 Å². The molecule has 0 bridgehead atoms. The lowest BCUT2D eigenvalue weighted by Crippen LogP contribution is -2.44. The first-order valence-electron chi connectivity index (χ1n) is 9.74. The monoisotopic (exact) mass is 419 g/mol. The van der Waals surface area contributed by atoms with Crippen LogP contribution in [-0.4, -0.2) is 49.3 Å². The van der Waals surface area contributed by atoms with E-state index in [9.17, 15) is 4.79 Å². The van der Waals surface area contributed by atoms with E-state index in [1.807, 2.05) is 48.5 Å². The fraction of sp³-hybridized carbons (Fsp3) is 0.409. The first-order chi connectivity index (χ1) is 13.5. The van der Waals surface area contributed by atoms with Crippen LogP contribution in [0.1, 0.15) is 29.8 Å². The average Bonchev–Trinajstić information content (AvgIpc) is 2.67. The lowest BCUT2D eigenvalue weighted by Gasteiger charge is -2.35. The molecule has 1 aliphatic rings. The number of hydrogen-bond donors (Lipinski definition) is 2.